The molecule has 0 saturated carbocycles. The van der Waals surface area contributed by atoms with Gasteiger partial charge in [0.25, 0.3) is 0 Å². The normalized spacial score (nSPS) is 12.2. The van der Waals surface area contributed by atoms with Crippen LogP contribution in [0.2, 0.25) is 0 Å². The van der Waals surface area contributed by atoms with Gasteiger partial charge in [-0.1, -0.05) is 39.0 Å². The molecule has 0 radical (unpaired) electrons. The fourth-order valence-corrected chi connectivity index (χ4v) is 1.76. The predicted octanol–water partition coefficient (Wildman–Crippen LogP) is 3.59. The Bertz CT molecular complexity index is 478. The molecular formula is C14H18F3NO2. The smallest absolute Gasteiger partial charge is 0.405 e. The van der Waals surface area contributed by atoms with E-state index >= 15 is 0 Å². The van der Waals surface area contributed by atoms with Crippen molar-refractivity contribution in [2.24, 2.45) is 5.41 Å². The molecule has 0 spiro atoms. The van der Waals surface area contributed by atoms with E-state index in [-0.39, 0.29) is 18.2 Å². The van der Waals surface area contributed by atoms with Crippen molar-refractivity contribution in [1.29, 1.82) is 0 Å². The van der Waals surface area contributed by atoms with E-state index in [2.05, 4.69) is 4.74 Å². The molecule has 0 unspecified atom stereocenters. The number of ether oxygens (including phenoxy) is 1. The van der Waals surface area contributed by atoms with Gasteiger partial charge in [-0.25, -0.2) is 0 Å². The van der Waals surface area contributed by atoms with Gasteiger partial charge in [-0.05, 0) is 6.07 Å². The minimum absolute atomic E-state index is 0.0579. The molecule has 0 bridgehead atoms. The molecule has 0 atom stereocenters. The molecule has 1 amide bonds. The van der Waals surface area contributed by atoms with Crippen molar-refractivity contribution in [3.05, 3.63) is 29.8 Å². The topological polar surface area (TPSA) is 29.5 Å². The van der Waals surface area contributed by atoms with E-state index in [9.17, 15) is 18.0 Å². The van der Waals surface area contributed by atoms with E-state index in [4.69, 9.17) is 0 Å². The fourth-order valence-electron chi connectivity index (χ4n) is 1.76. The maximum absolute atomic E-state index is 12.3. The molecule has 0 aromatic heterocycles. The fraction of sp³-hybridized carbons (Fsp3) is 0.500. The van der Waals surface area contributed by atoms with Crippen LogP contribution in [-0.2, 0) is 11.3 Å². The van der Waals surface area contributed by atoms with Crippen LogP contribution in [0.15, 0.2) is 24.3 Å². The van der Waals surface area contributed by atoms with E-state index in [1.807, 2.05) is 0 Å². The zero-order valence-corrected chi connectivity index (χ0v) is 11.9. The zero-order chi connectivity index (χ0) is 15.6. The van der Waals surface area contributed by atoms with Gasteiger partial charge >= 0.3 is 6.36 Å². The average Bonchev–Trinajstić information content (AvgIpc) is 2.27. The Labute approximate surface area is 116 Å². The molecule has 112 valence electrons. The first-order valence-corrected chi connectivity index (χ1v) is 6.10. The third-order valence-electron chi connectivity index (χ3n) is 2.59. The maximum Gasteiger partial charge on any atom is 0.573 e. The summed E-state index contributed by atoms with van der Waals surface area (Å²) >= 11 is 0. The monoisotopic (exact) mass is 289 g/mol. The minimum atomic E-state index is -4.75. The number of hydrogen-bond acceptors (Lipinski definition) is 2. The highest BCUT2D eigenvalue weighted by Crippen LogP contribution is 2.27. The second kappa shape index (κ2) is 5.73. The summed E-state index contributed by atoms with van der Waals surface area (Å²) in [6.07, 6.45) is -4.75. The average molecular weight is 289 g/mol. The number of carbonyl (C=O) groups excluding carboxylic acids is 1. The third kappa shape index (κ3) is 4.75. The van der Waals surface area contributed by atoms with Crippen LogP contribution in [0.1, 0.15) is 26.3 Å². The van der Waals surface area contributed by atoms with Gasteiger partial charge in [0, 0.05) is 24.6 Å². The molecule has 0 aliphatic carbocycles. The molecule has 0 fully saturated rings. The number of carbonyl (C=O) groups is 1. The zero-order valence-electron chi connectivity index (χ0n) is 11.9. The minimum Gasteiger partial charge on any atom is -0.405 e. The summed E-state index contributed by atoms with van der Waals surface area (Å²) in [5.74, 6) is -0.437. The summed E-state index contributed by atoms with van der Waals surface area (Å²) in [5.41, 5.74) is -0.279. The summed E-state index contributed by atoms with van der Waals surface area (Å²) in [7, 11) is 1.55. The molecule has 1 aromatic carbocycles. The quantitative estimate of drug-likeness (QED) is 0.851. The van der Waals surface area contributed by atoms with E-state index in [1.165, 1.54) is 23.1 Å². The number of nitrogens with zero attached hydrogens (tertiary/aromatic N) is 1. The number of rotatable bonds is 3. The Morgan fingerprint density at radius 2 is 1.75 bits per heavy atom. The molecule has 3 nitrogen and oxygen atoms in total. The van der Waals surface area contributed by atoms with Crippen molar-refractivity contribution < 1.29 is 22.7 Å². The second-order valence-corrected chi connectivity index (χ2v) is 5.57. The molecule has 0 heterocycles. The number of benzene rings is 1. The van der Waals surface area contributed by atoms with Crippen LogP contribution >= 0.6 is 0 Å². The van der Waals surface area contributed by atoms with Gasteiger partial charge < -0.3 is 9.64 Å². The Morgan fingerprint density at radius 3 is 2.25 bits per heavy atom. The number of hydrogen-bond donors (Lipinski definition) is 0. The molecule has 0 N–H and O–H groups in total. The van der Waals surface area contributed by atoms with Crippen molar-refractivity contribution in [2.75, 3.05) is 7.05 Å². The summed E-state index contributed by atoms with van der Waals surface area (Å²) in [4.78, 5) is 13.4. The summed E-state index contributed by atoms with van der Waals surface area (Å²) in [6, 6.07) is 5.80. The second-order valence-electron chi connectivity index (χ2n) is 5.57. The van der Waals surface area contributed by atoms with Gasteiger partial charge in [0.05, 0.1) is 0 Å². The summed E-state index contributed by atoms with van der Waals surface area (Å²) in [5, 5.41) is 0. The van der Waals surface area contributed by atoms with Crippen LogP contribution in [0.3, 0.4) is 0 Å². The van der Waals surface area contributed by atoms with Gasteiger partial charge in [0.2, 0.25) is 5.91 Å². The Kier molecular flexibility index (Phi) is 4.68. The van der Waals surface area contributed by atoms with Crippen LogP contribution in [0.5, 0.6) is 5.75 Å². The van der Waals surface area contributed by atoms with Gasteiger partial charge in [-0.3, -0.25) is 4.79 Å². The van der Waals surface area contributed by atoms with Crippen LogP contribution < -0.4 is 4.74 Å². The largest absolute Gasteiger partial charge is 0.573 e. The number of amides is 1. The van der Waals surface area contributed by atoms with E-state index < -0.39 is 11.8 Å². The first kappa shape index (κ1) is 16.3. The summed E-state index contributed by atoms with van der Waals surface area (Å²) < 4.78 is 40.9. The van der Waals surface area contributed by atoms with Gasteiger partial charge in [0.15, 0.2) is 0 Å². The number of alkyl halides is 3. The third-order valence-corrected chi connectivity index (χ3v) is 2.59. The van der Waals surface area contributed by atoms with Gasteiger partial charge in [-0.2, -0.15) is 0 Å². The molecule has 0 saturated heterocycles. The van der Waals surface area contributed by atoms with Crippen LogP contribution in [0, 0.1) is 5.41 Å². The standard InChI is InChI=1S/C14H18F3NO2/c1-13(2,3)12(19)18(4)9-10-7-5-6-8-11(10)20-14(15,16)17/h5-8H,9H2,1-4H3. The highest BCUT2D eigenvalue weighted by Gasteiger charge is 2.32. The maximum atomic E-state index is 12.3. The van der Waals surface area contributed by atoms with Crippen LogP contribution in [-0.4, -0.2) is 24.2 Å². The molecule has 20 heavy (non-hydrogen) atoms. The lowest BCUT2D eigenvalue weighted by atomic mass is 9.95. The Morgan fingerprint density at radius 1 is 1.20 bits per heavy atom. The van der Waals surface area contributed by atoms with Crippen LogP contribution in [0.4, 0.5) is 13.2 Å². The highest BCUT2D eigenvalue weighted by atomic mass is 19.4. The lowest BCUT2D eigenvalue weighted by molar-refractivity contribution is -0.275. The SMILES string of the molecule is CN(Cc1ccccc1OC(F)(F)F)C(=O)C(C)(C)C. The Hall–Kier alpha value is -1.72. The summed E-state index contributed by atoms with van der Waals surface area (Å²) in [6.45, 7) is 5.32. The van der Waals surface area contributed by atoms with Gasteiger partial charge in [0.1, 0.15) is 5.75 Å². The van der Waals surface area contributed by atoms with E-state index in [1.54, 1.807) is 33.9 Å². The number of para-hydroxylation sites is 1. The van der Waals surface area contributed by atoms with Gasteiger partial charge in [-0.15, -0.1) is 13.2 Å². The lowest BCUT2D eigenvalue weighted by Gasteiger charge is -2.26. The molecule has 0 aliphatic heterocycles. The van der Waals surface area contributed by atoms with E-state index in [0.29, 0.717) is 5.56 Å². The van der Waals surface area contributed by atoms with Crippen molar-refractivity contribution >= 4 is 5.91 Å². The highest BCUT2D eigenvalue weighted by molar-refractivity contribution is 5.81. The van der Waals surface area contributed by atoms with Crippen molar-refractivity contribution in [1.82, 2.24) is 4.90 Å². The lowest BCUT2D eigenvalue weighted by Crippen LogP contribution is -2.36. The first-order chi connectivity index (χ1) is 9.00. The number of halogens is 3. The first-order valence-electron chi connectivity index (χ1n) is 6.10. The van der Waals surface area contributed by atoms with Crippen LogP contribution in [0.25, 0.3) is 0 Å². The molecule has 6 heteroatoms. The molecule has 1 rings (SSSR count). The predicted molar refractivity (Wildman–Crippen MR) is 69.1 cm³/mol. The van der Waals surface area contributed by atoms with Crippen molar-refractivity contribution in [2.45, 2.75) is 33.7 Å². The van der Waals surface area contributed by atoms with Crippen molar-refractivity contribution in [3.8, 4) is 5.75 Å². The van der Waals surface area contributed by atoms with Crippen molar-refractivity contribution in [3.63, 3.8) is 0 Å². The Balaban J connectivity index is 2.90. The molecule has 1 aromatic rings. The van der Waals surface area contributed by atoms with E-state index in [0.717, 1.165) is 0 Å². The molecular weight excluding hydrogens is 271 g/mol. The molecule has 0 aliphatic rings.